The summed E-state index contributed by atoms with van der Waals surface area (Å²) in [4.78, 5) is 15.4. The first kappa shape index (κ1) is 11.1. The molecule has 1 aromatic heterocycles. The Hall–Kier alpha value is -1.37. The summed E-state index contributed by atoms with van der Waals surface area (Å²) < 4.78 is 2.59. The normalized spacial score (nSPS) is 10.1. The fourth-order valence-electron chi connectivity index (χ4n) is 1.25. The van der Waals surface area contributed by atoms with Crippen molar-refractivity contribution in [3.05, 3.63) is 52.1 Å². The number of imidazole rings is 1. The SMILES string of the molecule is O=C(NCc1ccc(I)cc1)n1ccnc1. The van der Waals surface area contributed by atoms with Crippen LogP contribution in [0.3, 0.4) is 0 Å². The van der Waals surface area contributed by atoms with Crippen molar-refractivity contribution in [3.8, 4) is 0 Å². The van der Waals surface area contributed by atoms with Crippen molar-refractivity contribution in [1.82, 2.24) is 14.9 Å². The first-order chi connectivity index (χ1) is 7.75. The second-order valence-electron chi connectivity index (χ2n) is 3.26. The quantitative estimate of drug-likeness (QED) is 0.860. The Morgan fingerprint density at radius 2 is 2.12 bits per heavy atom. The number of aromatic nitrogens is 2. The molecule has 0 spiro atoms. The highest BCUT2D eigenvalue weighted by Crippen LogP contribution is 2.06. The molecule has 0 saturated heterocycles. The summed E-state index contributed by atoms with van der Waals surface area (Å²) in [7, 11) is 0. The van der Waals surface area contributed by atoms with Crippen LogP contribution >= 0.6 is 22.6 Å². The van der Waals surface area contributed by atoms with Gasteiger partial charge in [-0.3, -0.25) is 4.57 Å². The molecule has 1 heterocycles. The second-order valence-corrected chi connectivity index (χ2v) is 4.50. The molecular formula is C11H10IN3O. The average Bonchev–Trinajstić information content (AvgIpc) is 2.81. The lowest BCUT2D eigenvalue weighted by atomic mass is 10.2. The van der Waals surface area contributed by atoms with Gasteiger partial charge in [0.1, 0.15) is 6.33 Å². The highest BCUT2D eigenvalue weighted by Gasteiger charge is 2.02. The zero-order valence-corrected chi connectivity index (χ0v) is 10.6. The van der Waals surface area contributed by atoms with Gasteiger partial charge in [0.05, 0.1) is 0 Å². The van der Waals surface area contributed by atoms with Crippen molar-refractivity contribution >= 4 is 28.6 Å². The van der Waals surface area contributed by atoms with Gasteiger partial charge in [0.2, 0.25) is 0 Å². The van der Waals surface area contributed by atoms with Gasteiger partial charge in [0.25, 0.3) is 0 Å². The van der Waals surface area contributed by atoms with E-state index in [4.69, 9.17) is 0 Å². The highest BCUT2D eigenvalue weighted by molar-refractivity contribution is 14.1. The van der Waals surface area contributed by atoms with Gasteiger partial charge in [0, 0.05) is 22.5 Å². The van der Waals surface area contributed by atoms with Crippen LogP contribution in [0.15, 0.2) is 43.0 Å². The number of nitrogens with one attached hydrogen (secondary N) is 1. The fraction of sp³-hybridized carbons (Fsp3) is 0.0909. The summed E-state index contributed by atoms with van der Waals surface area (Å²) >= 11 is 2.25. The number of rotatable bonds is 2. The smallest absolute Gasteiger partial charge is 0.327 e. The molecule has 5 heteroatoms. The summed E-state index contributed by atoms with van der Waals surface area (Å²) in [6.45, 7) is 0.522. The molecule has 0 bridgehead atoms. The van der Waals surface area contributed by atoms with Crippen LogP contribution in [0.5, 0.6) is 0 Å². The van der Waals surface area contributed by atoms with Gasteiger partial charge in [-0.25, -0.2) is 9.78 Å². The van der Waals surface area contributed by atoms with E-state index in [1.807, 2.05) is 24.3 Å². The highest BCUT2D eigenvalue weighted by atomic mass is 127. The van der Waals surface area contributed by atoms with Crippen molar-refractivity contribution in [2.24, 2.45) is 0 Å². The lowest BCUT2D eigenvalue weighted by molar-refractivity contribution is 0.242. The molecule has 1 aromatic carbocycles. The lowest BCUT2D eigenvalue weighted by Gasteiger charge is -2.05. The summed E-state index contributed by atoms with van der Waals surface area (Å²) in [5.41, 5.74) is 1.08. The molecule has 0 unspecified atom stereocenters. The van der Waals surface area contributed by atoms with Crippen LogP contribution in [-0.4, -0.2) is 15.6 Å². The van der Waals surface area contributed by atoms with Gasteiger partial charge in [0.15, 0.2) is 0 Å². The van der Waals surface area contributed by atoms with Gasteiger partial charge in [-0.15, -0.1) is 0 Å². The van der Waals surface area contributed by atoms with Gasteiger partial charge < -0.3 is 5.32 Å². The Kier molecular flexibility index (Phi) is 3.55. The molecule has 2 aromatic rings. The molecular weight excluding hydrogens is 317 g/mol. The predicted molar refractivity (Wildman–Crippen MR) is 69.0 cm³/mol. The Morgan fingerprint density at radius 1 is 1.38 bits per heavy atom. The van der Waals surface area contributed by atoms with Crippen molar-refractivity contribution in [3.63, 3.8) is 0 Å². The number of amides is 1. The monoisotopic (exact) mass is 327 g/mol. The lowest BCUT2D eigenvalue weighted by Crippen LogP contribution is -2.26. The summed E-state index contributed by atoms with van der Waals surface area (Å²) in [6, 6.07) is 7.85. The standard InChI is InChI=1S/C11H10IN3O/c12-10-3-1-9(2-4-10)7-14-11(16)15-6-5-13-8-15/h1-6,8H,7H2,(H,14,16). The van der Waals surface area contributed by atoms with E-state index < -0.39 is 0 Å². The van der Waals surface area contributed by atoms with E-state index >= 15 is 0 Å². The molecule has 82 valence electrons. The topological polar surface area (TPSA) is 46.9 Å². The largest absolute Gasteiger partial charge is 0.333 e. The maximum Gasteiger partial charge on any atom is 0.327 e. The van der Waals surface area contributed by atoms with Crippen molar-refractivity contribution < 1.29 is 4.79 Å². The zero-order valence-electron chi connectivity index (χ0n) is 8.43. The van der Waals surface area contributed by atoms with E-state index in [1.54, 1.807) is 12.4 Å². The van der Waals surface area contributed by atoms with Gasteiger partial charge in [-0.05, 0) is 40.3 Å². The maximum absolute atomic E-state index is 11.6. The van der Waals surface area contributed by atoms with Crippen LogP contribution in [0.4, 0.5) is 4.79 Å². The van der Waals surface area contributed by atoms with Gasteiger partial charge >= 0.3 is 6.03 Å². The number of halogens is 1. The van der Waals surface area contributed by atoms with Gasteiger partial charge in [-0.2, -0.15) is 0 Å². The summed E-state index contributed by atoms with van der Waals surface area (Å²) in [5.74, 6) is 0. The Morgan fingerprint density at radius 3 is 2.75 bits per heavy atom. The molecule has 0 aliphatic carbocycles. The second kappa shape index (κ2) is 5.11. The van der Waals surface area contributed by atoms with E-state index in [2.05, 4.69) is 32.9 Å². The Labute approximate surface area is 107 Å². The van der Waals surface area contributed by atoms with E-state index in [9.17, 15) is 4.79 Å². The minimum absolute atomic E-state index is 0.170. The van der Waals surface area contributed by atoms with Crippen LogP contribution in [0.1, 0.15) is 5.56 Å². The molecule has 0 aliphatic heterocycles. The van der Waals surface area contributed by atoms with Crippen LogP contribution in [0.25, 0.3) is 0 Å². The van der Waals surface area contributed by atoms with Crippen LogP contribution in [0, 0.1) is 3.57 Å². The number of nitrogens with zero attached hydrogens (tertiary/aromatic N) is 2. The van der Waals surface area contributed by atoms with Crippen molar-refractivity contribution in [1.29, 1.82) is 0 Å². The molecule has 16 heavy (non-hydrogen) atoms. The maximum atomic E-state index is 11.6. The minimum Gasteiger partial charge on any atom is -0.333 e. The van der Waals surface area contributed by atoms with Crippen molar-refractivity contribution in [2.75, 3.05) is 0 Å². The van der Waals surface area contributed by atoms with Crippen LogP contribution in [-0.2, 0) is 6.54 Å². The molecule has 4 nitrogen and oxygen atoms in total. The average molecular weight is 327 g/mol. The van der Waals surface area contributed by atoms with E-state index in [-0.39, 0.29) is 6.03 Å². The molecule has 0 fully saturated rings. The number of benzene rings is 1. The van der Waals surface area contributed by atoms with E-state index in [1.165, 1.54) is 14.5 Å². The van der Waals surface area contributed by atoms with Crippen LogP contribution in [0.2, 0.25) is 0 Å². The number of hydrogen-bond acceptors (Lipinski definition) is 2. The van der Waals surface area contributed by atoms with Gasteiger partial charge in [-0.1, -0.05) is 12.1 Å². The molecule has 0 saturated carbocycles. The number of carbonyl (C=O) groups excluding carboxylic acids is 1. The fourth-order valence-corrected chi connectivity index (χ4v) is 1.61. The molecule has 2 rings (SSSR count). The molecule has 0 atom stereocenters. The Balaban J connectivity index is 1.93. The van der Waals surface area contributed by atoms with E-state index in [0.717, 1.165) is 5.56 Å². The molecule has 0 radical (unpaired) electrons. The molecule has 0 aliphatic rings. The first-order valence-corrected chi connectivity index (χ1v) is 5.84. The van der Waals surface area contributed by atoms with E-state index in [0.29, 0.717) is 6.54 Å². The number of carbonyl (C=O) groups is 1. The zero-order chi connectivity index (χ0) is 11.4. The molecule has 1 N–H and O–H groups in total. The Bertz CT molecular complexity index is 464. The summed E-state index contributed by atoms with van der Waals surface area (Å²) in [6.07, 6.45) is 4.66. The third-order valence-corrected chi connectivity index (χ3v) is 2.82. The first-order valence-electron chi connectivity index (χ1n) is 4.76. The third kappa shape index (κ3) is 2.82. The van der Waals surface area contributed by atoms with Crippen molar-refractivity contribution in [2.45, 2.75) is 6.54 Å². The number of hydrogen-bond donors (Lipinski definition) is 1. The molecule has 1 amide bonds. The summed E-state index contributed by atoms with van der Waals surface area (Å²) in [5, 5.41) is 2.80. The third-order valence-electron chi connectivity index (χ3n) is 2.10. The van der Waals surface area contributed by atoms with Crippen LogP contribution < -0.4 is 5.32 Å². The minimum atomic E-state index is -0.170. The predicted octanol–water partition coefficient (Wildman–Crippen LogP) is 2.25.